The first-order chi connectivity index (χ1) is 7.44. The van der Waals surface area contributed by atoms with E-state index in [0.717, 1.165) is 12.8 Å². The smallest absolute Gasteiger partial charge is 0.317 e. The lowest BCUT2D eigenvalue weighted by Crippen LogP contribution is -2.36. The van der Waals surface area contributed by atoms with Crippen molar-refractivity contribution < 1.29 is 18.3 Å². The molecule has 1 fully saturated rings. The maximum atomic E-state index is 11.5. The third kappa shape index (κ3) is 4.94. The van der Waals surface area contributed by atoms with Gasteiger partial charge in [-0.1, -0.05) is 6.92 Å². The predicted octanol–water partition coefficient (Wildman–Crippen LogP) is 0.360. The Morgan fingerprint density at radius 1 is 1.38 bits per heavy atom. The number of aliphatic carboxylic acids is 1. The van der Waals surface area contributed by atoms with Gasteiger partial charge in [0.25, 0.3) is 0 Å². The Morgan fingerprint density at radius 2 is 2.00 bits per heavy atom. The number of hydrogen-bond donors (Lipinski definition) is 1. The summed E-state index contributed by atoms with van der Waals surface area (Å²) in [6.07, 6.45) is 2.59. The van der Waals surface area contributed by atoms with Gasteiger partial charge in [-0.25, -0.2) is 8.42 Å². The molecule has 0 aromatic carbocycles. The second-order valence-electron chi connectivity index (χ2n) is 4.25. The molecule has 94 valence electrons. The summed E-state index contributed by atoms with van der Waals surface area (Å²) in [6, 6.07) is 0.285. The van der Waals surface area contributed by atoms with Crippen molar-refractivity contribution in [1.82, 2.24) is 4.90 Å². The zero-order valence-corrected chi connectivity index (χ0v) is 10.4. The van der Waals surface area contributed by atoms with Gasteiger partial charge >= 0.3 is 5.97 Å². The maximum absolute atomic E-state index is 11.5. The highest BCUT2D eigenvalue weighted by atomic mass is 32.2. The summed E-state index contributed by atoms with van der Waals surface area (Å²) in [5, 5.41) is 8.70. The van der Waals surface area contributed by atoms with E-state index in [1.807, 2.05) is 6.92 Å². The molecule has 0 saturated heterocycles. The van der Waals surface area contributed by atoms with E-state index in [1.165, 1.54) is 0 Å². The summed E-state index contributed by atoms with van der Waals surface area (Å²) in [6.45, 7) is 2.12. The minimum Gasteiger partial charge on any atom is -0.480 e. The van der Waals surface area contributed by atoms with Gasteiger partial charge in [-0.15, -0.1) is 0 Å². The van der Waals surface area contributed by atoms with Crippen LogP contribution in [0.4, 0.5) is 0 Å². The van der Waals surface area contributed by atoms with E-state index in [9.17, 15) is 13.2 Å². The highest BCUT2D eigenvalue weighted by Gasteiger charge is 2.30. The molecule has 0 bridgehead atoms. The molecule has 1 rings (SSSR count). The average molecular weight is 249 g/mol. The number of carboxylic acids is 1. The Balaban J connectivity index is 2.40. The lowest BCUT2D eigenvalue weighted by molar-refractivity contribution is -0.138. The normalized spacial score (nSPS) is 16.6. The predicted molar refractivity (Wildman–Crippen MR) is 61.2 cm³/mol. The minimum atomic E-state index is -3.00. The van der Waals surface area contributed by atoms with Crippen LogP contribution in [0.1, 0.15) is 26.2 Å². The Labute approximate surface area is 96.4 Å². The third-order valence-corrected chi connectivity index (χ3v) is 4.44. The fraction of sp³-hybridized carbons (Fsp3) is 0.900. The van der Waals surface area contributed by atoms with Crippen molar-refractivity contribution in [3.05, 3.63) is 0 Å². The molecule has 16 heavy (non-hydrogen) atoms. The van der Waals surface area contributed by atoms with Crippen LogP contribution in [0.2, 0.25) is 0 Å². The summed E-state index contributed by atoms with van der Waals surface area (Å²) in [5.74, 6) is -0.622. The summed E-state index contributed by atoms with van der Waals surface area (Å²) < 4.78 is 23.0. The summed E-state index contributed by atoms with van der Waals surface area (Å²) >= 11 is 0. The van der Waals surface area contributed by atoms with Crippen molar-refractivity contribution in [3.63, 3.8) is 0 Å². The molecule has 0 aromatic heterocycles. The molecule has 1 saturated carbocycles. The first kappa shape index (κ1) is 13.4. The van der Waals surface area contributed by atoms with E-state index >= 15 is 0 Å². The van der Waals surface area contributed by atoms with Crippen LogP contribution in [0.3, 0.4) is 0 Å². The van der Waals surface area contributed by atoms with E-state index in [1.54, 1.807) is 4.90 Å². The van der Waals surface area contributed by atoms with Gasteiger partial charge < -0.3 is 5.11 Å². The van der Waals surface area contributed by atoms with E-state index in [0.29, 0.717) is 13.0 Å². The van der Waals surface area contributed by atoms with Crippen molar-refractivity contribution in [2.24, 2.45) is 0 Å². The first-order valence-electron chi connectivity index (χ1n) is 5.61. The highest BCUT2D eigenvalue weighted by Crippen LogP contribution is 2.26. The lowest BCUT2D eigenvalue weighted by atomic mass is 10.4. The standard InChI is InChI=1S/C10H19NO4S/c1-2-6-16(14,15)7-5-11(8-10(12)13)9-3-4-9/h9H,2-8H2,1H3,(H,12,13). The van der Waals surface area contributed by atoms with Crippen LogP contribution in [-0.2, 0) is 14.6 Å². The molecule has 1 N–H and O–H groups in total. The molecule has 0 unspecified atom stereocenters. The van der Waals surface area contributed by atoms with Crippen LogP contribution in [0.25, 0.3) is 0 Å². The van der Waals surface area contributed by atoms with Gasteiger partial charge in [-0.05, 0) is 19.3 Å². The molecular weight excluding hydrogens is 230 g/mol. The van der Waals surface area contributed by atoms with Gasteiger partial charge in [-0.2, -0.15) is 0 Å². The van der Waals surface area contributed by atoms with Gasteiger partial charge in [0.05, 0.1) is 12.3 Å². The molecule has 0 aliphatic heterocycles. The van der Waals surface area contributed by atoms with E-state index < -0.39 is 15.8 Å². The van der Waals surface area contributed by atoms with Gasteiger partial charge in [0.1, 0.15) is 0 Å². The quantitative estimate of drug-likeness (QED) is 0.672. The molecule has 0 atom stereocenters. The van der Waals surface area contributed by atoms with Crippen LogP contribution >= 0.6 is 0 Å². The number of sulfone groups is 1. The fourth-order valence-electron chi connectivity index (χ4n) is 1.67. The van der Waals surface area contributed by atoms with Crippen LogP contribution in [-0.4, -0.2) is 55.0 Å². The lowest BCUT2D eigenvalue weighted by Gasteiger charge is -2.19. The Bertz CT molecular complexity index is 335. The number of carboxylic acid groups (broad SMARTS) is 1. The van der Waals surface area contributed by atoms with Gasteiger partial charge in [0.15, 0.2) is 9.84 Å². The monoisotopic (exact) mass is 249 g/mol. The number of rotatable bonds is 8. The molecule has 0 spiro atoms. The van der Waals surface area contributed by atoms with Crippen molar-refractivity contribution in [2.45, 2.75) is 32.2 Å². The summed E-state index contributed by atoms with van der Waals surface area (Å²) in [7, 11) is -3.00. The third-order valence-electron chi connectivity index (χ3n) is 2.61. The molecule has 0 radical (unpaired) electrons. The van der Waals surface area contributed by atoms with Crippen molar-refractivity contribution in [3.8, 4) is 0 Å². The largest absolute Gasteiger partial charge is 0.480 e. The second kappa shape index (κ2) is 5.63. The van der Waals surface area contributed by atoms with Crippen LogP contribution < -0.4 is 0 Å². The zero-order chi connectivity index (χ0) is 12.2. The fourth-order valence-corrected chi connectivity index (χ4v) is 3.01. The number of nitrogens with zero attached hydrogens (tertiary/aromatic N) is 1. The zero-order valence-electron chi connectivity index (χ0n) is 9.55. The minimum absolute atomic E-state index is 0.0493. The topological polar surface area (TPSA) is 74.7 Å². The molecule has 0 aromatic rings. The van der Waals surface area contributed by atoms with Gasteiger partial charge in [0, 0.05) is 18.3 Å². The number of carbonyl (C=O) groups is 1. The number of hydrogen-bond acceptors (Lipinski definition) is 4. The molecule has 6 heteroatoms. The molecule has 1 aliphatic rings. The molecule has 1 aliphatic carbocycles. The van der Waals surface area contributed by atoms with Crippen LogP contribution in [0.15, 0.2) is 0 Å². The Morgan fingerprint density at radius 3 is 2.44 bits per heavy atom. The van der Waals surface area contributed by atoms with E-state index in [-0.39, 0.29) is 24.1 Å². The molecule has 5 nitrogen and oxygen atoms in total. The maximum Gasteiger partial charge on any atom is 0.317 e. The van der Waals surface area contributed by atoms with Gasteiger partial charge in [-0.3, -0.25) is 9.69 Å². The molecule has 0 heterocycles. The highest BCUT2D eigenvalue weighted by molar-refractivity contribution is 7.91. The Hall–Kier alpha value is -0.620. The first-order valence-corrected chi connectivity index (χ1v) is 7.43. The van der Waals surface area contributed by atoms with Crippen molar-refractivity contribution in [1.29, 1.82) is 0 Å². The Kier molecular flexibility index (Phi) is 4.73. The average Bonchev–Trinajstić information content (AvgIpc) is 2.94. The van der Waals surface area contributed by atoms with Crippen molar-refractivity contribution >= 4 is 15.8 Å². The molecular formula is C10H19NO4S. The summed E-state index contributed by atoms with van der Waals surface area (Å²) in [5.41, 5.74) is 0. The van der Waals surface area contributed by atoms with E-state index in [4.69, 9.17) is 5.11 Å². The molecule has 0 amide bonds. The van der Waals surface area contributed by atoms with Gasteiger partial charge in [0.2, 0.25) is 0 Å². The van der Waals surface area contributed by atoms with Crippen molar-refractivity contribution in [2.75, 3.05) is 24.6 Å². The second-order valence-corrected chi connectivity index (χ2v) is 6.55. The van der Waals surface area contributed by atoms with E-state index in [2.05, 4.69) is 0 Å². The summed E-state index contributed by atoms with van der Waals surface area (Å²) in [4.78, 5) is 12.4. The van der Waals surface area contributed by atoms with Crippen LogP contribution in [0, 0.1) is 0 Å². The van der Waals surface area contributed by atoms with Crippen LogP contribution in [0.5, 0.6) is 0 Å². The SMILES string of the molecule is CCCS(=O)(=O)CCN(CC(=O)O)C1CC1.